The first-order valence-corrected chi connectivity index (χ1v) is 10.2. The first-order chi connectivity index (χ1) is 16.8. The van der Waals surface area contributed by atoms with Crippen LogP contribution in [0.2, 0.25) is 0 Å². The van der Waals surface area contributed by atoms with E-state index in [4.69, 9.17) is 0 Å². The Morgan fingerprint density at radius 2 is 1.40 bits per heavy atom. The van der Waals surface area contributed by atoms with Gasteiger partial charge in [0.05, 0.1) is 5.69 Å². The summed E-state index contributed by atoms with van der Waals surface area (Å²) in [5, 5.41) is 2.64. The number of hydrogen-bond acceptors (Lipinski definition) is 4. The maximum atomic E-state index is 14.8. The van der Waals surface area contributed by atoms with Gasteiger partial charge in [-0.05, 0) is 54.6 Å². The number of halogens is 5. The number of rotatable bonds is 5. The van der Waals surface area contributed by atoms with Crippen LogP contribution in [0.1, 0.15) is 16.1 Å². The maximum absolute atomic E-state index is 14.8. The van der Waals surface area contributed by atoms with Crippen LogP contribution < -0.4 is 5.32 Å². The lowest BCUT2D eigenvalue weighted by molar-refractivity contribution is 0.103. The van der Waals surface area contributed by atoms with Crippen molar-refractivity contribution in [2.24, 2.45) is 0 Å². The number of nitrogens with zero attached hydrogens (tertiary/aromatic N) is 3. The molecule has 2 aromatic heterocycles. The third kappa shape index (κ3) is 3.99. The number of fused-ring (bicyclic) bond motifs is 1. The van der Waals surface area contributed by atoms with Crippen molar-refractivity contribution in [3.63, 3.8) is 0 Å². The molecule has 0 atom stereocenters. The van der Waals surface area contributed by atoms with Crippen molar-refractivity contribution < 1.29 is 26.7 Å². The van der Waals surface area contributed by atoms with E-state index in [0.29, 0.717) is 0 Å². The molecule has 0 spiro atoms. The normalized spacial score (nSPS) is 11.1. The Kier molecular flexibility index (Phi) is 5.48. The molecule has 3 aromatic carbocycles. The third-order valence-corrected chi connectivity index (χ3v) is 5.24. The Hall–Kier alpha value is -4.60. The largest absolute Gasteiger partial charge is 0.319 e. The molecule has 0 aliphatic heterocycles. The second kappa shape index (κ2) is 8.64. The first kappa shape index (κ1) is 22.2. The molecular formula is C25H13F5N4O. The zero-order valence-electron chi connectivity index (χ0n) is 17.6. The van der Waals surface area contributed by atoms with Gasteiger partial charge in [0.25, 0.3) is 0 Å². The van der Waals surface area contributed by atoms with Gasteiger partial charge in [-0.2, -0.15) is 4.98 Å². The lowest BCUT2D eigenvalue weighted by Gasteiger charge is -2.12. The number of carbonyl (C=O) groups is 1. The number of para-hydroxylation sites is 2. The van der Waals surface area contributed by atoms with Crippen molar-refractivity contribution in [3.05, 3.63) is 113 Å². The van der Waals surface area contributed by atoms with Gasteiger partial charge in [0, 0.05) is 17.1 Å². The van der Waals surface area contributed by atoms with Crippen molar-refractivity contribution in [2.45, 2.75) is 0 Å². The van der Waals surface area contributed by atoms with Gasteiger partial charge in [-0.3, -0.25) is 9.36 Å². The van der Waals surface area contributed by atoms with Gasteiger partial charge in [-0.25, -0.2) is 26.9 Å². The number of nitrogens with one attached hydrogen (secondary N) is 1. The highest BCUT2D eigenvalue weighted by molar-refractivity contribution is 6.10. The summed E-state index contributed by atoms with van der Waals surface area (Å²) < 4.78 is 72.1. The number of aromatic nitrogens is 3. The van der Waals surface area contributed by atoms with Gasteiger partial charge >= 0.3 is 0 Å². The Balaban J connectivity index is 1.73. The van der Waals surface area contributed by atoms with Gasteiger partial charge in [0.15, 0.2) is 5.65 Å². The average Bonchev–Trinajstić information content (AvgIpc) is 3.20. The highest BCUT2D eigenvalue weighted by Crippen LogP contribution is 2.30. The van der Waals surface area contributed by atoms with E-state index in [2.05, 4.69) is 15.3 Å². The third-order valence-electron chi connectivity index (χ3n) is 5.24. The van der Waals surface area contributed by atoms with E-state index in [1.54, 1.807) is 0 Å². The van der Waals surface area contributed by atoms with Crippen LogP contribution in [0.15, 0.2) is 72.9 Å². The molecule has 0 unspecified atom stereocenters. The minimum absolute atomic E-state index is 0.0620. The van der Waals surface area contributed by atoms with E-state index in [1.165, 1.54) is 30.5 Å². The molecule has 5 rings (SSSR count). The second-order valence-corrected chi connectivity index (χ2v) is 7.47. The summed E-state index contributed by atoms with van der Waals surface area (Å²) >= 11 is 0. The second-order valence-electron chi connectivity index (χ2n) is 7.47. The number of anilines is 2. The minimum Gasteiger partial charge on any atom is -0.319 e. The molecule has 5 aromatic rings. The van der Waals surface area contributed by atoms with Crippen molar-refractivity contribution in [1.29, 1.82) is 0 Å². The molecule has 0 saturated carbocycles. The van der Waals surface area contributed by atoms with Gasteiger partial charge < -0.3 is 5.32 Å². The van der Waals surface area contributed by atoms with Crippen molar-refractivity contribution in [3.8, 4) is 5.69 Å². The number of carbonyl (C=O) groups excluding carboxylic acids is 1. The zero-order valence-corrected chi connectivity index (χ0v) is 17.6. The Bertz CT molecular complexity index is 1560. The van der Waals surface area contributed by atoms with E-state index in [0.717, 1.165) is 47.0 Å². The predicted molar refractivity (Wildman–Crippen MR) is 118 cm³/mol. The van der Waals surface area contributed by atoms with Crippen molar-refractivity contribution in [2.75, 3.05) is 5.32 Å². The molecule has 0 fully saturated rings. The molecule has 0 bridgehead atoms. The summed E-state index contributed by atoms with van der Waals surface area (Å²) in [7, 11) is 0. The van der Waals surface area contributed by atoms with Crippen LogP contribution in [0.3, 0.4) is 0 Å². The molecule has 35 heavy (non-hydrogen) atoms. The summed E-state index contributed by atoms with van der Waals surface area (Å²) in [5.41, 5.74) is -1.33. The Morgan fingerprint density at radius 3 is 2.03 bits per heavy atom. The van der Waals surface area contributed by atoms with E-state index in [9.17, 15) is 26.7 Å². The monoisotopic (exact) mass is 480 g/mol. The van der Waals surface area contributed by atoms with E-state index < -0.39 is 46.2 Å². The lowest BCUT2D eigenvalue weighted by atomic mass is 10.1. The highest BCUT2D eigenvalue weighted by atomic mass is 19.1. The van der Waals surface area contributed by atoms with Crippen LogP contribution in [0.5, 0.6) is 0 Å². The quantitative estimate of drug-likeness (QED) is 0.244. The topological polar surface area (TPSA) is 59.8 Å². The summed E-state index contributed by atoms with van der Waals surface area (Å²) in [6.45, 7) is 0. The van der Waals surface area contributed by atoms with Gasteiger partial charge in [-0.15, -0.1) is 0 Å². The zero-order chi connectivity index (χ0) is 24.7. The number of ketones is 1. The van der Waals surface area contributed by atoms with E-state index in [-0.39, 0.29) is 28.2 Å². The maximum Gasteiger partial charge on any atom is 0.229 e. The van der Waals surface area contributed by atoms with Crippen LogP contribution in [0, 0.1) is 29.1 Å². The van der Waals surface area contributed by atoms with E-state index in [1.807, 2.05) is 0 Å². The molecule has 0 aliphatic carbocycles. The molecule has 2 heterocycles. The molecule has 174 valence electrons. The molecular weight excluding hydrogens is 467 g/mol. The first-order valence-electron chi connectivity index (χ1n) is 10.2. The smallest absolute Gasteiger partial charge is 0.229 e. The van der Waals surface area contributed by atoms with Crippen LogP contribution in [0.25, 0.3) is 16.7 Å². The lowest BCUT2D eigenvalue weighted by Crippen LogP contribution is -2.12. The van der Waals surface area contributed by atoms with Crippen LogP contribution in [-0.2, 0) is 0 Å². The highest BCUT2D eigenvalue weighted by Gasteiger charge is 2.24. The molecule has 0 aliphatic rings. The summed E-state index contributed by atoms with van der Waals surface area (Å²) in [6.07, 6.45) is 1.24. The van der Waals surface area contributed by atoms with Crippen LogP contribution in [0.4, 0.5) is 33.6 Å². The fourth-order valence-electron chi connectivity index (χ4n) is 3.62. The minimum atomic E-state index is -0.982. The SMILES string of the molecule is O=C(c1ccc(F)cc1)c1cc2cnc(Nc3c(F)cccc3F)nc2n1-c1c(F)cccc1F. The fraction of sp³-hybridized carbons (Fsp3) is 0. The Labute approximate surface area is 194 Å². The summed E-state index contributed by atoms with van der Waals surface area (Å²) in [4.78, 5) is 21.4. The Morgan fingerprint density at radius 1 is 0.800 bits per heavy atom. The molecule has 10 heteroatoms. The van der Waals surface area contributed by atoms with Crippen LogP contribution in [-0.4, -0.2) is 20.3 Å². The van der Waals surface area contributed by atoms with E-state index >= 15 is 0 Å². The summed E-state index contributed by atoms with van der Waals surface area (Å²) in [6, 6.07) is 12.3. The standard InChI is InChI=1S/C25H13F5N4O/c26-15-9-7-13(8-10-15)23(35)20-11-14-12-31-25(32-21-16(27)3-1-4-17(21)28)33-24(14)34(20)22-18(29)5-2-6-19(22)30/h1-12H,(H,31,32,33). The number of benzene rings is 3. The molecule has 0 saturated heterocycles. The van der Waals surface area contributed by atoms with Crippen molar-refractivity contribution >= 4 is 28.5 Å². The van der Waals surface area contributed by atoms with Gasteiger partial charge in [0.2, 0.25) is 11.7 Å². The predicted octanol–water partition coefficient (Wildman–Crippen LogP) is 6.09. The molecule has 1 N–H and O–H groups in total. The van der Waals surface area contributed by atoms with Crippen LogP contribution >= 0.6 is 0 Å². The van der Waals surface area contributed by atoms with Crippen molar-refractivity contribution in [1.82, 2.24) is 14.5 Å². The number of hydrogen-bond donors (Lipinski definition) is 1. The summed E-state index contributed by atoms with van der Waals surface area (Å²) in [5.74, 6) is -5.29. The molecule has 5 nitrogen and oxygen atoms in total. The molecule has 0 radical (unpaired) electrons. The molecule has 0 amide bonds. The van der Waals surface area contributed by atoms with Gasteiger partial charge in [-0.1, -0.05) is 12.1 Å². The average molecular weight is 480 g/mol. The van der Waals surface area contributed by atoms with Gasteiger partial charge in [0.1, 0.15) is 40.5 Å². The fourth-order valence-corrected chi connectivity index (χ4v) is 3.62.